The van der Waals surface area contributed by atoms with Crippen molar-refractivity contribution in [2.24, 2.45) is 0 Å². The van der Waals surface area contributed by atoms with E-state index in [1.54, 1.807) is 13.0 Å². The lowest BCUT2D eigenvalue weighted by Gasteiger charge is -2.18. The van der Waals surface area contributed by atoms with Crippen molar-refractivity contribution in [3.8, 4) is 11.5 Å². The van der Waals surface area contributed by atoms with Crippen molar-refractivity contribution in [2.75, 3.05) is 0 Å². The van der Waals surface area contributed by atoms with Crippen LogP contribution in [0.3, 0.4) is 0 Å². The quantitative estimate of drug-likeness (QED) is 0.492. The maximum atomic E-state index is 13.2. The van der Waals surface area contributed by atoms with Gasteiger partial charge in [-0.05, 0) is 36.1 Å². The number of aromatic nitrogens is 2. The molecule has 0 fully saturated rings. The van der Waals surface area contributed by atoms with Gasteiger partial charge in [0, 0.05) is 11.9 Å². The molecule has 0 N–H and O–H groups in total. The summed E-state index contributed by atoms with van der Waals surface area (Å²) in [7, 11) is 0. The molecular weight excluding hydrogens is 341 g/mol. The Morgan fingerprint density at radius 2 is 1.65 bits per heavy atom. The average molecular weight is 364 g/mol. The van der Waals surface area contributed by atoms with E-state index in [4.69, 9.17) is 4.42 Å². The third kappa shape index (κ3) is 4.06. The zero-order valence-corrected chi connectivity index (χ0v) is 15.8. The zero-order chi connectivity index (χ0) is 19.7. The second kappa shape index (κ2) is 7.09. The van der Waals surface area contributed by atoms with Crippen LogP contribution in [-0.4, -0.2) is 9.97 Å². The summed E-state index contributed by atoms with van der Waals surface area (Å²) in [6.07, 6.45) is -3.70. The Hall–Kier alpha value is -2.37. The molecule has 0 spiro atoms. The van der Waals surface area contributed by atoms with Crippen LogP contribution in [0.4, 0.5) is 13.2 Å². The molecule has 3 aromatic rings. The lowest BCUT2D eigenvalue weighted by Crippen LogP contribution is -2.10. The molecule has 0 aliphatic heterocycles. The molecule has 0 saturated heterocycles. The van der Waals surface area contributed by atoms with Crippen molar-refractivity contribution in [1.29, 1.82) is 0 Å². The molecule has 2 heterocycles. The standard InChI is InChI=1S/C18H17F3N2O.C2H6/c1-10-7-12(13(9-22-10)18(19,20)21)16-23-14-8-11(17(2,3)4)5-6-15(14)24-16;1-2/h5-9H,1-4H3;1-2H3. The van der Waals surface area contributed by atoms with E-state index in [2.05, 4.69) is 30.7 Å². The van der Waals surface area contributed by atoms with Gasteiger partial charge >= 0.3 is 6.18 Å². The SMILES string of the molecule is CC.Cc1cc(-c2nc3cc(C(C)(C)C)ccc3o2)c(C(F)(F)F)cn1. The molecule has 26 heavy (non-hydrogen) atoms. The van der Waals surface area contributed by atoms with Gasteiger partial charge in [-0.1, -0.05) is 40.7 Å². The largest absolute Gasteiger partial charge is 0.436 e. The fourth-order valence-corrected chi connectivity index (χ4v) is 2.47. The van der Waals surface area contributed by atoms with Gasteiger partial charge < -0.3 is 4.42 Å². The fourth-order valence-electron chi connectivity index (χ4n) is 2.47. The summed E-state index contributed by atoms with van der Waals surface area (Å²) in [6, 6.07) is 6.84. The minimum absolute atomic E-state index is 0.0473. The summed E-state index contributed by atoms with van der Waals surface area (Å²) in [5.41, 5.74) is 1.48. The van der Waals surface area contributed by atoms with Crippen molar-refractivity contribution in [3.05, 3.63) is 47.3 Å². The van der Waals surface area contributed by atoms with Crippen molar-refractivity contribution in [1.82, 2.24) is 9.97 Å². The molecule has 0 unspecified atom stereocenters. The second-order valence-electron chi connectivity index (χ2n) is 6.82. The number of pyridine rings is 1. The van der Waals surface area contributed by atoms with Gasteiger partial charge in [0.15, 0.2) is 5.58 Å². The van der Waals surface area contributed by atoms with Crippen molar-refractivity contribution in [3.63, 3.8) is 0 Å². The third-order valence-electron chi connectivity index (χ3n) is 3.83. The van der Waals surface area contributed by atoms with Gasteiger partial charge in [0.25, 0.3) is 0 Å². The molecule has 3 nitrogen and oxygen atoms in total. The molecule has 0 bridgehead atoms. The van der Waals surface area contributed by atoms with Crippen molar-refractivity contribution < 1.29 is 17.6 Å². The number of hydrogen-bond acceptors (Lipinski definition) is 3. The number of alkyl halides is 3. The van der Waals surface area contributed by atoms with E-state index >= 15 is 0 Å². The van der Waals surface area contributed by atoms with Gasteiger partial charge in [0.2, 0.25) is 5.89 Å². The lowest BCUT2D eigenvalue weighted by molar-refractivity contribution is -0.137. The topological polar surface area (TPSA) is 38.9 Å². The van der Waals surface area contributed by atoms with Gasteiger partial charge in [-0.3, -0.25) is 4.98 Å². The molecular formula is C20H23F3N2O. The van der Waals surface area contributed by atoms with Crippen LogP contribution >= 0.6 is 0 Å². The molecule has 3 rings (SSSR count). The fraction of sp³-hybridized carbons (Fsp3) is 0.400. The van der Waals surface area contributed by atoms with Gasteiger partial charge in [0.1, 0.15) is 5.52 Å². The summed E-state index contributed by atoms with van der Waals surface area (Å²) in [5.74, 6) is -0.0473. The van der Waals surface area contributed by atoms with Crippen LogP contribution in [0.15, 0.2) is 34.9 Å². The summed E-state index contributed by atoms with van der Waals surface area (Å²) < 4.78 is 45.3. The molecule has 0 aliphatic carbocycles. The molecule has 0 amide bonds. The highest BCUT2D eigenvalue weighted by Gasteiger charge is 2.35. The average Bonchev–Trinajstić information content (AvgIpc) is 2.97. The van der Waals surface area contributed by atoms with Gasteiger partial charge in [0.05, 0.1) is 11.1 Å². The van der Waals surface area contributed by atoms with E-state index in [9.17, 15) is 13.2 Å². The van der Waals surface area contributed by atoms with Crippen molar-refractivity contribution in [2.45, 2.75) is 53.1 Å². The van der Waals surface area contributed by atoms with E-state index < -0.39 is 11.7 Å². The molecule has 0 aliphatic rings. The first-order valence-electron chi connectivity index (χ1n) is 8.51. The second-order valence-corrected chi connectivity index (χ2v) is 6.82. The summed E-state index contributed by atoms with van der Waals surface area (Å²) in [5, 5.41) is 0. The van der Waals surface area contributed by atoms with Crippen LogP contribution in [-0.2, 0) is 11.6 Å². The number of rotatable bonds is 1. The third-order valence-corrected chi connectivity index (χ3v) is 3.83. The maximum absolute atomic E-state index is 13.2. The predicted molar refractivity (Wildman–Crippen MR) is 97.0 cm³/mol. The first-order valence-corrected chi connectivity index (χ1v) is 8.51. The Balaban J connectivity index is 0.00000117. The smallest absolute Gasteiger partial charge is 0.418 e. The molecule has 140 valence electrons. The maximum Gasteiger partial charge on any atom is 0.418 e. The summed E-state index contributed by atoms with van der Waals surface area (Å²) in [4.78, 5) is 8.02. The van der Waals surface area contributed by atoms with Gasteiger partial charge in [-0.25, -0.2) is 4.98 Å². The Kier molecular flexibility index (Phi) is 5.44. The van der Waals surface area contributed by atoms with Crippen LogP contribution in [0.1, 0.15) is 51.4 Å². The molecule has 0 atom stereocenters. The van der Waals surface area contributed by atoms with Crippen LogP contribution in [0.25, 0.3) is 22.6 Å². The predicted octanol–water partition coefficient (Wildman–Crippen LogP) is 6.54. The number of nitrogens with zero attached hydrogens (tertiary/aromatic N) is 2. The first kappa shape index (κ1) is 19.9. The normalized spacial score (nSPS) is 12.0. The number of fused-ring (bicyclic) bond motifs is 1. The lowest BCUT2D eigenvalue weighted by atomic mass is 9.87. The monoisotopic (exact) mass is 364 g/mol. The number of halogens is 3. The van der Waals surface area contributed by atoms with E-state index in [1.165, 1.54) is 6.07 Å². The first-order chi connectivity index (χ1) is 12.1. The highest BCUT2D eigenvalue weighted by molar-refractivity contribution is 5.78. The van der Waals surface area contributed by atoms with E-state index in [0.29, 0.717) is 16.8 Å². The van der Waals surface area contributed by atoms with Crippen LogP contribution in [0, 0.1) is 6.92 Å². The highest BCUT2D eigenvalue weighted by atomic mass is 19.4. The van der Waals surface area contributed by atoms with Gasteiger partial charge in [-0.2, -0.15) is 13.2 Å². The van der Waals surface area contributed by atoms with E-state index in [-0.39, 0.29) is 16.9 Å². The zero-order valence-electron chi connectivity index (χ0n) is 15.8. The van der Waals surface area contributed by atoms with Gasteiger partial charge in [-0.15, -0.1) is 0 Å². The Bertz CT molecular complexity index is 906. The minimum Gasteiger partial charge on any atom is -0.436 e. The number of aryl methyl sites for hydroxylation is 1. The van der Waals surface area contributed by atoms with Crippen molar-refractivity contribution >= 4 is 11.1 Å². The Morgan fingerprint density at radius 3 is 2.23 bits per heavy atom. The molecule has 2 aromatic heterocycles. The number of benzene rings is 1. The van der Waals surface area contributed by atoms with Crippen LogP contribution in [0.2, 0.25) is 0 Å². The molecule has 0 saturated carbocycles. The summed E-state index contributed by atoms with van der Waals surface area (Å²) >= 11 is 0. The van der Waals surface area contributed by atoms with E-state index in [1.807, 2.05) is 26.0 Å². The minimum atomic E-state index is -4.52. The van der Waals surface area contributed by atoms with E-state index in [0.717, 1.165) is 11.8 Å². The Labute approximate surface area is 151 Å². The number of hydrogen-bond donors (Lipinski definition) is 0. The summed E-state index contributed by atoms with van der Waals surface area (Å²) in [6.45, 7) is 11.8. The number of oxazole rings is 1. The molecule has 1 aromatic carbocycles. The van der Waals surface area contributed by atoms with Crippen LogP contribution in [0.5, 0.6) is 0 Å². The molecule has 0 radical (unpaired) electrons. The van der Waals surface area contributed by atoms with Crippen LogP contribution < -0.4 is 0 Å². The molecule has 6 heteroatoms. The highest BCUT2D eigenvalue weighted by Crippen LogP contribution is 2.38. The Morgan fingerprint density at radius 1 is 1.00 bits per heavy atom.